The molecule has 9 N–H and O–H groups in total. The van der Waals surface area contributed by atoms with Crippen molar-refractivity contribution in [2.45, 2.75) is 75.8 Å². The van der Waals surface area contributed by atoms with Crippen LogP contribution in [0.2, 0.25) is 0 Å². The van der Waals surface area contributed by atoms with Crippen molar-refractivity contribution in [2.75, 3.05) is 6.54 Å². The number of carboxylic acid groups (broad SMARTS) is 1. The number of phenolic OH excluding ortho intramolecular Hbond substituents is 2. The van der Waals surface area contributed by atoms with Gasteiger partial charge in [-0.15, -0.1) is 0 Å². The zero-order chi connectivity index (χ0) is 32.6. The number of benzene rings is 2. The lowest BCUT2D eigenvalue weighted by atomic mass is 10.0. The molecule has 4 amide bonds. The van der Waals surface area contributed by atoms with E-state index in [0.29, 0.717) is 17.5 Å². The van der Waals surface area contributed by atoms with Crippen LogP contribution < -0.4 is 21.7 Å². The molecule has 3 rings (SSSR count). The molecule has 0 aliphatic carbocycles. The topological polar surface area (TPSA) is 232 Å². The van der Waals surface area contributed by atoms with Crippen LogP contribution in [0.25, 0.3) is 0 Å². The monoisotopic (exact) mass is 613 g/mol. The van der Waals surface area contributed by atoms with Gasteiger partial charge in [0.2, 0.25) is 23.6 Å². The molecule has 14 nitrogen and oxygen atoms in total. The third kappa shape index (κ3) is 9.15. The zero-order valence-electron chi connectivity index (χ0n) is 24.5. The molecular formula is C30H39N5O9. The summed E-state index contributed by atoms with van der Waals surface area (Å²) in [7, 11) is 0. The molecule has 6 atom stereocenters. The number of aliphatic carboxylic acids is 1. The largest absolute Gasteiger partial charge is 0.508 e. The number of likely N-dealkylation sites (tertiary alicyclic amines) is 1. The smallest absolute Gasteiger partial charge is 0.328 e. The first-order valence-corrected chi connectivity index (χ1v) is 14.2. The predicted octanol–water partition coefficient (Wildman–Crippen LogP) is -0.859. The summed E-state index contributed by atoms with van der Waals surface area (Å²) in [6, 6.07) is 6.07. The molecule has 0 unspecified atom stereocenters. The number of carboxylic acids is 1. The molecule has 14 heteroatoms. The number of carbonyl (C=O) groups excluding carboxylic acids is 4. The van der Waals surface area contributed by atoms with Crippen LogP contribution in [0, 0.1) is 0 Å². The average molecular weight is 614 g/mol. The Kier molecular flexibility index (Phi) is 11.6. The van der Waals surface area contributed by atoms with Gasteiger partial charge in [-0.2, -0.15) is 0 Å². The van der Waals surface area contributed by atoms with Gasteiger partial charge in [-0.1, -0.05) is 24.3 Å². The van der Waals surface area contributed by atoms with E-state index in [2.05, 4.69) is 16.0 Å². The van der Waals surface area contributed by atoms with E-state index >= 15 is 0 Å². The Morgan fingerprint density at radius 3 is 1.82 bits per heavy atom. The van der Waals surface area contributed by atoms with Gasteiger partial charge < -0.3 is 47.0 Å². The Bertz CT molecular complexity index is 1330. The van der Waals surface area contributed by atoms with Gasteiger partial charge in [-0.25, -0.2) is 4.79 Å². The number of aliphatic hydroxyl groups is 1. The summed E-state index contributed by atoms with van der Waals surface area (Å²) in [5.41, 5.74) is 6.90. The van der Waals surface area contributed by atoms with Crippen molar-refractivity contribution < 1.29 is 44.4 Å². The van der Waals surface area contributed by atoms with Crippen molar-refractivity contribution in [3.63, 3.8) is 0 Å². The second-order valence-electron chi connectivity index (χ2n) is 10.9. The summed E-state index contributed by atoms with van der Waals surface area (Å²) in [4.78, 5) is 66.0. The number of nitrogens with two attached hydrogens (primary N) is 1. The minimum absolute atomic E-state index is 0.00406. The fraction of sp³-hybridized carbons (Fsp3) is 0.433. The maximum atomic E-state index is 14.0. The van der Waals surface area contributed by atoms with Crippen molar-refractivity contribution in [2.24, 2.45) is 5.73 Å². The molecule has 0 saturated carbocycles. The molecule has 0 radical (unpaired) electrons. The summed E-state index contributed by atoms with van der Waals surface area (Å²) in [5, 5.41) is 46.1. The number of aromatic hydroxyl groups is 2. The van der Waals surface area contributed by atoms with Crippen molar-refractivity contribution >= 4 is 29.6 Å². The third-order valence-corrected chi connectivity index (χ3v) is 7.30. The number of aliphatic hydroxyl groups excluding tert-OH is 1. The lowest BCUT2D eigenvalue weighted by Gasteiger charge is -2.31. The van der Waals surface area contributed by atoms with Gasteiger partial charge in [0.1, 0.15) is 29.6 Å². The van der Waals surface area contributed by atoms with Crippen LogP contribution in [0.5, 0.6) is 11.5 Å². The van der Waals surface area contributed by atoms with E-state index in [9.17, 15) is 44.4 Å². The number of nitrogens with one attached hydrogen (secondary N) is 3. The second-order valence-corrected chi connectivity index (χ2v) is 10.9. The number of amides is 4. The number of hydrogen-bond donors (Lipinski definition) is 8. The Morgan fingerprint density at radius 2 is 1.34 bits per heavy atom. The summed E-state index contributed by atoms with van der Waals surface area (Å²) in [6.07, 6.45) is -0.744. The van der Waals surface area contributed by atoms with E-state index in [4.69, 9.17) is 5.73 Å². The second kappa shape index (κ2) is 15.2. The standard InChI is InChI=1S/C30H39N5O9/c1-16(31)26(39)32-22(14-18-5-9-20(37)10-6-18)27(40)33-23(15-19-7-11-21(38)12-8-19)29(42)35-13-3-4-24(35)28(41)34-25(17(2)36)30(43)44/h5-12,16-17,22-25,36-38H,3-4,13-15,31H2,1-2H3,(H,32,39)(H,33,40)(H,34,41)(H,43,44)/t16-,17+,22-,23-,24-,25-/m0/s1. The number of carbonyl (C=O) groups is 5. The molecule has 1 fully saturated rings. The van der Waals surface area contributed by atoms with Crippen molar-refractivity contribution in [3.8, 4) is 11.5 Å². The Labute approximate surface area is 254 Å². The molecule has 0 bridgehead atoms. The van der Waals surface area contributed by atoms with Crippen molar-refractivity contribution in [1.82, 2.24) is 20.9 Å². The molecule has 2 aromatic carbocycles. The minimum atomic E-state index is -1.58. The number of phenols is 2. The highest BCUT2D eigenvalue weighted by Gasteiger charge is 2.40. The highest BCUT2D eigenvalue weighted by molar-refractivity contribution is 5.96. The highest BCUT2D eigenvalue weighted by atomic mass is 16.4. The van der Waals surface area contributed by atoms with Crippen LogP contribution >= 0.6 is 0 Å². The molecular weight excluding hydrogens is 574 g/mol. The van der Waals surface area contributed by atoms with E-state index in [1.807, 2.05) is 0 Å². The number of nitrogens with zero attached hydrogens (tertiary/aromatic N) is 1. The first-order valence-electron chi connectivity index (χ1n) is 14.2. The fourth-order valence-electron chi connectivity index (χ4n) is 4.86. The van der Waals surface area contributed by atoms with Crippen molar-refractivity contribution in [1.29, 1.82) is 0 Å². The van der Waals surface area contributed by atoms with Crippen LogP contribution in [0.4, 0.5) is 0 Å². The minimum Gasteiger partial charge on any atom is -0.508 e. The van der Waals surface area contributed by atoms with Crippen molar-refractivity contribution in [3.05, 3.63) is 59.7 Å². The van der Waals surface area contributed by atoms with Gasteiger partial charge in [-0.3, -0.25) is 19.2 Å². The quantitative estimate of drug-likeness (QED) is 0.139. The van der Waals surface area contributed by atoms with E-state index in [0.717, 1.165) is 0 Å². The summed E-state index contributed by atoms with van der Waals surface area (Å²) >= 11 is 0. The van der Waals surface area contributed by atoms with E-state index < -0.39 is 65.9 Å². The Hall–Kier alpha value is -4.69. The lowest BCUT2D eigenvalue weighted by molar-refractivity contribution is -0.147. The third-order valence-electron chi connectivity index (χ3n) is 7.30. The SMILES string of the molecule is C[C@H](N)C(=O)N[C@@H](Cc1ccc(O)cc1)C(=O)N[C@@H](Cc1ccc(O)cc1)C(=O)N1CCC[C@H]1C(=O)N[C@H](C(=O)O)[C@@H](C)O. The predicted molar refractivity (Wildman–Crippen MR) is 157 cm³/mol. The number of hydrogen-bond acceptors (Lipinski definition) is 9. The first kappa shape index (κ1) is 33.8. The average Bonchev–Trinajstić information content (AvgIpc) is 3.46. The normalized spacial score (nSPS) is 17.9. The van der Waals surface area contributed by atoms with Crippen LogP contribution in [0.15, 0.2) is 48.5 Å². The molecule has 1 aliphatic rings. The summed E-state index contributed by atoms with van der Waals surface area (Å²) in [5.74, 6) is -4.10. The molecule has 238 valence electrons. The van der Waals surface area contributed by atoms with Crippen LogP contribution in [0.1, 0.15) is 37.8 Å². The maximum absolute atomic E-state index is 14.0. The van der Waals surface area contributed by atoms with E-state index in [-0.39, 0.29) is 37.3 Å². The van der Waals surface area contributed by atoms with Gasteiger partial charge in [0.15, 0.2) is 6.04 Å². The van der Waals surface area contributed by atoms with Crippen LogP contribution in [0.3, 0.4) is 0 Å². The molecule has 2 aromatic rings. The molecule has 1 aliphatic heterocycles. The molecule has 44 heavy (non-hydrogen) atoms. The van der Waals surface area contributed by atoms with Crippen LogP contribution in [-0.4, -0.2) is 97.8 Å². The van der Waals surface area contributed by atoms with Gasteiger partial charge in [0.05, 0.1) is 12.1 Å². The molecule has 1 saturated heterocycles. The Balaban J connectivity index is 1.89. The molecule has 0 aromatic heterocycles. The number of rotatable bonds is 13. The van der Waals surface area contributed by atoms with Gasteiger partial charge in [0, 0.05) is 19.4 Å². The zero-order valence-corrected chi connectivity index (χ0v) is 24.5. The Morgan fingerprint density at radius 1 is 0.841 bits per heavy atom. The summed E-state index contributed by atoms with van der Waals surface area (Å²) < 4.78 is 0. The first-order chi connectivity index (χ1) is 20.8. The lowest BCUT2D eigenvalue weighted by Crippen LogP contribution is -2.59. The van der Waals surface area contributed by atoms with Gasteiger partial charge >= 0.3 is 5.97 Å². The van der Waals surface area contributed by atoms with E-state index in [1.54, 1.807) is 24.3 Å². The summed E-state index contributed by atoms with van der Waals surface area (Å²) in [6.45, 7) is 2.83. The maximum Gasteiger partial charge on any atom is 0.328 e. The van der Waals surface area contributed by atoms with Gasteiger partial charge in [0.25, 0.3) is 0 Å². The van der Waals surface area contributed by atoms with E-state index in [1.165, 1.54) is 43.0 Å². The molecule has 0 spiro atoms. The highest BCUT2D eigenvalue weighted by Crippen LogP contribution is 2.21. The fourth-order valence-corrected chi connectivity index (χ4v) is 4.86. The molecule has 1 heterocycles. The van der Waals surface area contributed by atoms with Crippen LogP contribution in [-0.2, 0) is 36.8 Å². The van der Waals surface area contributed by atoms with Gasteiger partial charge in [-0.05, 0) is 62.1 Å².